The first-order valence-corrected chi connectivity index (χ1v) is 13.5. The van der Waals surface area contributed by atoms with Crippen LogP contribution in [0.1, 0.15) is 76.3 Å². The van der Waals surface area contributed by atoms with Gasteiger partial charge in [0.05, 0.1) is 34.5 Å². The van der Waals surface area contributed by atoms with Crippen molar-refractivity contribution in [3.05, 3.63) is 74.7 Å². The van der Waals surface area contributed by atoms with Gasteiger partial charge in [-0.3, -0.25) is 13.9 Å². The van der Waals surface area contributed by atoms with Crippen molar-refractivity contribution in [2.45, 2.75) is 77.1 Å². The number of alkyl carbamates (subject to hydrolysis) is 1. The lowest BCUT2D eigenvalue weighted by Crippen LogP contribution is -2.39. The molecule has 1 unspecified atom stereocenters. The lowest BCUT2D eigenvalue weighted by Gasteiger charge is -2.24. The number of hydrogen-bond donors (Lipinski definition) is 3. The standard InChI is InChI=1S/C29H35N5O5/c1-29(2,3)39-27(37)32-21(9-6-7-15-35)18-11-14-22-23(16-18)31-25(30-22)17-33-24-10-5-4-8-20(24)26(36)34(28(33)38)19-12-13-19/h4-5,8,10-11,14,16,19,21,35H,6-7,9,12-13,15,17H2,1-3H3,(H,30,31)(H,32,37). The lowest BCUT2D eigenvalue weighted by molar-refractivity contribution is 0.0500. The minimum atomic E-state index is -0.620. The second kappa shape index (κ2) is 10.7. The van der Waals surface area contributed by atoms with Gasteiger partial charge in [-0.05, 0) is 82.7 Å². The molecule has 10 nitrogen and oxygen atoms in total. The summed E-state index contributed by atoms with van der Waals surface area (Å²) in [6, 6.07) is 12.6. The van der Waals surface area contributed by atoms with Crippen LogP contribution in [0.5, 0.6) is 0 Å². The number of imidazole rings is 1. The average Bonchev–Trinajstić information content (AvgIpc) is 3.63. The van der Waals surface area contributed by atoms with E-state index >= 15 is 0 Å². The van der Waals surface area contributed by atoms with E-state index in [-0.39, 0.29) is 36.5 Å². The molecule has 39 heavy (non-hydrogen) atoms. The fourth-order valence-corrected chi connectivity index (χ4v) is 4.90. The molecule has 0 saturated heterocycles. The van der Waals surface area contributed by atoms with Gasteiger partial charge in [0.15, 0.2) is 0 Å². The number of carbonyl (C=O) groups excluding carboxylic acids is 1. The second-order valence-corrected chi connectivity index (χ2v) is 11.2. The fourth-order valence-electron chi connectivity index (χ4n) is 4.90. The number of aromatic amines is 1. The van der Waals surface area contributed by atoms with Gasteiger partial charge in [-0.1, -0.05) is 18.2 Å². The van der Waals surface area contributed by atoms with Crippen LogP contribution in [0.2, 0.25) is 0 Å². The Kier molecular flexibility index (Phi) is 7.31. The summed E-state index contributed by atoms with van der Waals surface area (Å²) in [4.78, 5) is 47.0. The number of aromatic nitrogens is 4. The minimum Gasteiger partial charge on any atom is -0.444 e. The van der Waals surface area contributed by atoms with Crippen molar-refractivity contribution < 1.29 is 14.6 Å². The molecule has 206 valence electrons. The summed E-state index contributed by atoms with van der Waals surface area (Å²) in [6.07, 6.45) is 3.15. The molecule has 4 aromatic rings. The highest BCUT2D eigenvalue weighted by atomic mass is 16.6. The number of carbonyl (C=O) groups is 1. The van der Waals surface area contributed by atoms with Crippen LogP contribution in [0.4, 0.5) is 4.79 Å². The molecule has 1 aliphatic carbocycles. The van der Waals surface area contributed by atoms with Crippen molar-refractivity contribution in [1.82, 2.24) is 24.4 Å². The van der Waals surface area contributed by atoms with E-state index < -0.39 is 11.7 Å². The highest BCUT2D eigenvalue weighted by Crippen LogP contribution is 2.32. The first-order chi connectivity index (χ1) is 18.6. The molecule has 1 aliphatic rings. The number of fused-ring (bicyclic) bond motifs is 2. The van der Waals surface area contributed by atoms with E-state index in [4.69, 9.17) is 9.72 Å². The first kappa shape index (κ1) is 26.7. The third kappa shape index (κ3) is 5.90. The molecule has 2 aromatic heterocycles. The molecule has 1 amide bonds. The molecule has 1 atom stereocenters. The molecule has 0 radical (unpaired) electrons. The fraction of sp³-hybridized carbons (Fsp3) is 0.448. The molecule has 0 spiro atoms. The van der Waals surface area contributed by atoms with E-state index in [0.29, 0.717) is 35.1 Å². The Hall–Kier alpha value is -3.92. The van der Waals surface area contributed by atoms with E-state index in [1.807, 2.05) is 45.0 Å². The van der Waals surface area contributed by atoms with Gasteiger partial charge in [-0.25, -0.2) is 14.6 Å². The summed E-state index contributed by atoms with van der Waals surface area (Å²) < 4.78 is 8.45. The second-order valence-electron chi connectivity index (χ2n) is 11.2. The van der Waals surface area contributed by atoms with Crippen LogP contribution < -0.4 is 16.6 Å². The molecule has 2 heterocycles. The van der Waals surface area contributed by atoms with Crippen LogP contribution in [-0.2, 0) is 11.3 Å². The third-order valence-corrected chi connectivity index (χ3v) is 6.85. The van der Waals surface area contributed by atoms with Gasteiger partial charge in [0.25, 0.3) is 5.56 Å². The van der Waals surface area contributed by atoms with Crippen LogP contribution in [0.3, 0.4) is 0 Å². The number of hydrogen-bond acceptors (Lipinski definition) is 6. The quantitative estimate of drug-likeness (QED) is 0.277. The van der Waals surface area contributed by atoms with Crippen LogP contribution in [0.15, 0.2) is 52.1 Å². The van der Waals surface area contributed by atoms with Crippen molar-refractivity contribution in [2.75, 3.05) is 6.61 Å². The zero-order chi connectivity index (χ0) is 27.7. The Bertz CT molecular complexity index is 1620. The summed E-state index contributed by atoms with van der Waals surface area (Å²) in [6.45, 7) is 5.72. The van der Waals surface area contributed by atoms with Gasteiger partial charge >= 0.3 is 11.8 Å². The van der Waals surface area contributed by atoms with Crippen LogP contribution in [-0.4, -0.2) is 42.5 Å². The molecule has 5 rings (SSSR count). The maximum Gasteiger partial charge on any atom is 0.408 e. The van der Waals surface area contributed by atoms with Crippen molar-refractivity contribution in [1.29, 1.82) is 0 Å². The average molecular weight is 534 g/mol. The Morgan fingerprint density at radius 3 is 2.67 bits per heavy atom. The largest absolute Gasteiger partial charge is 0.444 e. The van der Waals surface area contributed by atoms with Crippen LogP contribution >= 0.6 is 0 Å². The van der Waals surface area contributed by atoms with E-state index in [2.05, 4.69) is 10.3 Å². The Morgan fingerprint density at radius 2 is 1.95 bits per heavy atom. The van der Waals surface area contributed by atoms with Crippen LogP contribution in [0.25, 0.3) is 21.9 Å². The molecule has 1 saturated carbocycles. The molecule has 10 heteroatoms. The topological polar surface area (TPSA) is 131 Å². The van der Waals surface area contributed by atoms with Gasteiger partial charge in [0, 0.05) is 12.6 Å². The zero-order valence-corrected chi connectivity index (χ0v) is 22.6. The Balaban J connectivity index is 1.46. The van der Waals surface area contributed by atoms with Gasteiger partial charge in [-0.15, -0.1) is 0 Å². The van der Waals surface area contributed by atoms with E-state index in [1.54, 1.807) is 22.8 Å². The number of aliphatic hydroxyl groups is 1. The highest BCUT2D eigenvalue weighted by molar-refractivity contribution is 5.79. The number of nitrogens with one attached hydrogen (secondary N) is 2. The zero-order valence-electron chi connectivity index (χ0n) is 22.6. The lowest BCUT2D eigenvalue weighted by atomic mass is 10.0. The van der Waals surface area contributed by atoms with E-state index in [0.717, 1.165) is 30.3 Å². The molecule has 2 aromatic carbocycles. The number of benzene rings is 2. The number of unbranched alkanes of at least 4 members (excludes halogenated alkanes) is 1. The summed E-state index contributed by atoms with van der Waals surface area (Å²) in [5.41, 5.74) is 1.76. The summed E-state index contributed by atoms with van der Waals surface area (Å²) in [5.74, 6) is 0.590. The molecule has 1 fully saturated rings. The van der Waals surface area contributed by atoms with E-state index in [1.165, 1.54) is 4.57 Å². The number of aliphatic hydroxyl groups excluding tert-OH is 1. The molecule has 0 aliphatic heterocycles. The summed E-state index contributed by atoms with van der Waals surface area (Å²) >= 11 is 0. The summed E-state index contributed by atoms with van der Waals surface area (Å²) in [5, 5.41) is 12.7. The normalized spacial score (nSPS) is 14.6. The molecule has 3 N–H and O–H groups in total. The molecular formula is C29H35N5O5. The number of nitrogens with zero attached hydrogens (tertiary/aromatic N) is 3. The smallest absolute Gasteiger partial charge is 0.408 e. The molecule has 0 bridgehead atoms. The van der Waals surface area contributed by atoms with Crippen molar-refractivity contribution in [2.24, 2.45) is 0 Å². The van der Waals surface area contributed by atoms with Gasteiger partial charge < -0.3 is 20.1 Å². The number of rotatable bonds is 9. The Morgan fingerprint density at radius 1 is 1.18 bits per heavy atom. The predicted octanol–water partition coefficient (Wildman–Crippen LogP) is 4.15. The SMILES string of the molecule is CC(C)(C)OC(=O)NC(CCCCO)c1ccc2[nH]c(Cn3c(=O)n(C4CC4)c(=O)c4ccccc43)nc2c1. The summed E-state index contributed by atoms with van der Waals surface area (Å²) in [7, 11) is 0. The minimum absolute atomic E-state index is 0.0423. The van der Waals surface area contributed by atoms with Gasteiger partial charge in [-0.2, -0.15) is 0 Å². The van der Waals surface area contributed by atoms with Crippen molar-refractivity contribution in [3.63, 3.8) is 0 Å². The monoisotopic (exact) mass is 533 g/mol. The third-order valence-electron chi connectivity index (χ3n) is 6.85. The first-order valence-electron chi connectivity index (χ1n) is 13.5. The van der Waals surface area contributed by atoms with E-state index in [9.17, 15) is 19.5 Å². The Labute approximate surface area is 225 Å². The number of H-pyrrole nitrogens is 1. The van der Waals surface area contributed by atoms with Crippen molar-refractivity contribution in [3.8, 4) is 0 Å². The number of para-hydroxylation sites is 1. The highest BCUT2D eigenvalue weighted by Gasteiger charge is 2.29. The van der Waals surface area contributed by atoms with Gasteiger partial charge in [0.1, 0.15) is 11.4 Å². The van der Waals surface area contributed by atoms with Crippen molar-refractivity contribution >= 4 is 28.0 Å². The molecular weight excluding hydrogens is 498 g/mol. The van der Waals surface area contributed by atoms with Crippen LogP contribution in [0, 0.1) is 0 Å². The predicted molar refractivity (Wildman–Crippen MR) is 149 cm³/mol. The number of ether oxygens (including phenoxy) is 1. The van der Waals surface area contributed by atoms with Gasteiger partial charge in [0.2, 0.25) is 0 Å². The number of amides is 1. The maximum atomic E-state index is 13.4. The maximum absolute atomic E-state index is 13.4.